The maximum absolute atomic E-state index is 12.9. The Bertz CT molecular complexity index is 605. The van der Waals surface area contributed by atoms with Gasteiger partial charge >= 0.3 is 0 Å². The minimum atomic E-state index is -2.85. The first-order chi connectivity index (χ1) is 9.89. The lowest BCUT2D eigenvalue weighted by molar-refractivity contribution is -0.0231. The topological polar surface area (TPSA) is 53.1 Å². The first-order valence-electron chi connectivity index (χ1n) is 6.73. The van der Waals surface area contributed by atoms with E-state index < -0.39 is 12.5 Å². The first-order valence-corrected chi connectivity index (χ1v) is 6.73. The van der Waals surface area contributed by atoms with Crippen LogP contribution in [0, 0.1) is 6.92 Å². The van der Waals surface area contributed by atoms with Gasteiger partial charge in [-0.05, 0) is 24.1 Å². The van der Waals surface area contributed by atoms with Gasteiger partial charge in [-0.1, -0.05) is 12.1 Å². The van der Waals surface area contributed by atoms with Crippen LogP contribution in [-0.2, 0) is 6.54 Å². The van der Waals surface area contributed by atoms with Gasteiger partial charge in [0.1, 0.15) is 5.75 Å². The molecule has 0 saturated carbocycles. The van der Waals surface area contributed by atoms with Gasteiger partial charge < -0.3 is 10.5 Å². The first kappa shape index (κ1) is 15.4. The van der Waals surface area contributed by atoms with Gasteiger partial charge in [0.2, 0.25) is 0 Å². The lowest BCUT2D eigenvalue weighted by Gasteiger charge is -2.14. The Balaban J connectivity index is 2.20. The number of halogens is 2. The molecule has 6 heteroatoms. The van der Waals surface area contributed by atoms with Crippen LogP contribution in [0.4, 0.5) is 8.78 Å². The number of nitrogens with zero attached hydrogens (tertiary/aromatic N) is 2. The van der Waals surface area contributed by atoms with Gasteiger partial charge in [-0.25, -0.2) is 8.78 Å². The van der Waals surface area contributed by atoms with E-state index in [2.05, 4.69) is 5.10 Å². The van der Waals surface area contributed by atoms with Crippen LogP contribution in [0.25, 0.3) is 11.1 Å². The molecule has 0 aliphatic heterocycles. The number of aryl methyl sites for hydroxylation is 1. The smallest absolute Gasteiger partial charge is 0.278 e. The van der Waals surface area contributed by atoms with Gasteiger partial charge in [0.15, 0.2) is 6.61 Å². The van der Waals surface area contributed by atoms with E-state index in [4.69, 9.17) is 10.5 Å². The summed E-state index contributed by atoms with van der Waals surface area (Å²) < 4.78 is 32.8. The molecule has 0 unspecified atom stereocenters. The van der Waals surface area contributed by atoms with Crippen LogP contribution in [0.1, 0.15) is 12.5 Å². The van der Waals surface area contributed by atoms with E-state index in [0.29, 0.717) is 18.8 Å². The molecule has 21 heavy (non-hydrogen) atoms. The van der Waals surface area contributed by atoms with Crippen LogP contribution >= 0.6 is 0 Å². The maximum Gasteiger partial charge on any atom is 0.278 e. The third-order valence-electron chi connectivity index (χ3n) is 2.99. The minimum absolute atomic E-state index is 0.459. The molecule has 2 rings (SSSR count). The zero-order chi connectivity index (χ0) is 15.5. The number of nitrogens with two attached hydrogens (primary N) is 1. The van der Waals surface area contributed by atoms with Crippen LogP contribution in [0.15, 0.2) is 30.6 Å². The van der Waals surface area contributed by atoms with Gasteiger partial charge in [0, 0.05) is 25.2 Å². The van der Waals surface area contributed by atoms with E-state index in [0.717, 1.165) is 23.6 Å². The van der Waals surface area contributed by atoms with Crippen molar-refractivity contribution in [2.45, 2.75) is 26.3 Å². The molecule has 0 amide bonds. The second-order valence-electron chi connectivity index (χ2n) is 5.12. The van der Waals surface area contributed by atoms with Crippen molar-refractivity contribution in [1.29, 1.82) is 0 Å². The van der Waals surface area contributed by atoms with E-state index in [1.165, 1.54) is 0 Å². The van der Waals surface area contributed by atoms with Crippen molar-refractivity contribution in [3.05, 3.63) is 36.2 Å². The predicted octanol–water partition coefficient (Wildman–Crippen LogP) is 2.85. The molecule has 114 valence electrons. The molecule has 2 N–H and O–H groups in total. The standard InChI is InChI=1S/C15H19F2N3O/c1-11-3-4-12(7-14(11)21-10-15(2,16)17)13-8-19-20(9-13)6-5-18/h3-4,7-9H,5-6,10,18H2,1-2H3. The van der Waals surface area contributed by atoms with Crippen LogP contribution in [-0.4, -0.2) is 28.9 Å². The Morgan fingerprint density at radius 2 is 2.10 bits per heavy atom. The van der Waals surface area contributed by atoms with Crippen LogP contribution < -0.4 is 10.5 Å². The Kier molecular flexibility index (Phi) is 4.57. The second-order valence-corrected chi connectivity index (χ2v) is 5.12. The highest BCUT2D eigenvalue weighted by Gasteiger charge is 2.22. The van der Waals surface area contributed by atoms with E-state index >= 15 is 0 Å². The summed E-state index contributed by atoms with van der Waals surface area (Å²) in [6.45, 7) is 3.17. The summed E-state index contributed by atoms with van der Waals surface area (Å²) in [5.74, 6) is -2.39. The fourth-order valence-electron chi connectivity index (χ4n) is 1.91. The number of ether oxygens (including phenoxy) is 1. The van der Waals surface area contributed by atoms with Crippen LogP contribution in [0.2, 0.25) is 0 Å². The van der Waals surface area contributed by atoms with Crippen molar-refractivity contribution in [2.75, 3.05) is 13.2 Å². The highest BCUT2D eigenvalue weighted by atomic mass is 19.3. The number of benzene rings is 1. The van der Waals surface area contributed by atoms with Crippen molar-refractivity contribution in [3.63, 3.8) is 0 Å². The van der Waals surface area contributed by atoms with Crippen molar-refractivity contribution >= 4 is 0 Å². The highest BCUT2D eigenvalue weighted by molar-refractivity contribution is 5.64. The summed E-state index contributed by atoms with van der Waals surface area (Å²) in [5, 5.41) is 4.20. The molecule has 0 radical (unpaired) electrons. The summed E-state index contributed by atoms with van der Waals surface area (Å²) >= 11 is 0. The summed E-state index contributed by atoms with van der Waals surface area (Å²) in [7, 11) is 0. The van der Waals surface area contributed by atoms with Crippen LogP contribution in [0.3, 0.4) is 0 Å². The van der Waals surface area contributed by atoms with E-state index in [9.17, 15) is 8.78 Å². The molecular weight excluding hydrogens is 276 g/mol. The predicted molar refractivity (Wildman–Crippen MR) is 77.6 cm³/mol. The molecule has 1 aromatic carbocycles. The summed E-state index contributed by atoms with van der Waals surface area (Å²) in [4.78, 5) is 0. The molecule has 2 aromatic rings. The third kappa shape index (κ3) is 4.26. The Hall–Kier alpha value is -1.95. The van der Waals surface area contributed by atoms with Gasteiger partial charge in [0.05, 0.1) is 12.7 Å². The monoisotopic (exact) mass is 295 g/mol. The highest BCUT2D eigenvalue weighted by Crippen LogP contribution is 2.27. The second kappa shape index (κ2) is 6.22. The van der Waals surface area contributed by atoms with Crippen molar-refractivity contribution in [2.24, 2.45) is 5.73 Å². The maximum atomic E-state index is 12.9. The fraction of sp³-hybridized carbons (Fsp3) is 0.400. The van der Waals surface area contributed by atoms with Gasteiger partial charge in [-0.2, -0.15) is 5.10 Å². The zero-order valence-electron chi connectivity index (χ0n) is 12.1. The number of alkyl halides is 2. The quantitative estimate of drug-likeness (QED) is 0.891. The van der Waals surface area contributed by atoms with Gasteiger partial charge in [-0.15, -0.1) is 0 Å². The molecule has 0 bridgehead atoms. The third-order valence-corrected chi connectivity index (χ3v) is 2.99. The number of hydrogen-bond acceptors (Lipinski definition) is 3. The lowest BCUT2D eigenvalue weighted by atomic mass is 10.1. The van der Waals surface area contributed by atoms with E-state index in [1.807, 2.05) is 25.3 Å². The van der Waals surface area contributed by atoms with Gasteiger partial charge in [0.25, 0.3) is 5.92 Å². The van der Waals surface area contributed by atoms with Crippen molar-refractivity contribution in [1.82, 2.24) is 9.78 Å². The molecule has 0 saturated heterocycles. The van der Waals surface area contributed by atoms with E-state index in [-0.39, 0.29) is 0 Å². The average Bonchev–Trinajstić information content (AvgIpc) is 2.86. The summed E-state index contributed by atoms with van der Waals surface area (Å²) in [6.07, 6.45) is 3.59. The number of hydrogen-bond donors (Lipinski definition) is 1. The zero-order valence-corrected chi connectivity index (χ0v) is 12.1. The normalized spacial score (nSPS) is 11.7. The molecule has 0 atom stereocenters. The largest absolute Gasteiger partial charge is 0.487 e. The summed E-state index contributed by atoms with van der Waals surface area (Å²) in [5.41, 5.74) is 8.07. The molecule has 1 aromatic heterocycles. The van der Waals surface area contributed by atoms with Crippen molar-refractivity contribution in [3.8, 4) is 16.9 Å². The Morgan fingerprint density at radius 1 is 1.33 bits per heavy atom. The molecule has 0 fully saturated rings. The molecule has 4 nitrogen and oxygen atoms in total. The number of rotatable bonds is 6. The van der Waals surface area contributed by atoms with Crippen LogP contribution in [0.5, 0.6) is 5.75 Å². The Labute approximate surface area is 122 Å². The molecular formula is C15H19F2N3O. The van der Waals surface area contributed by atoms with Crippen molar-refractivity contribution < 1.29 is 13.5 Å². The summed E-state index contributed by atoms with van der Waals surface area (Å²) in [6, 6.07) is 5.51. The van der Waals surface area contributed by atoms with E-state index in [1.54, 1.807) is 16.9 Å². The average molecular weight is 295 g/mol. The molecule has 0 spiro atoms. The SMILES string of the molecule is Cc1ccc(-c2cnn(CCN)c2)cc1OCC(C)(F)F. The molecule has 0 aliphatic carbocycles. The molecule has 0 aliphatic rings. The lowest BCUT2D eigenvalue weighted by Crippen LogP contribution is -2.21. The fourth-order valence-corrected chi connectivity index (χ4v) is 1.91. The Morgan fingerprint density at radius 3 is 2.76 bits per heavy atom. The molecule has 1 heterocycles. The number of aromatic nitrogens is 2. The van der Waals surface area contributed by atoms with Gasteiger partial charge in [-0.3, -0.25) is 4.68 Å². The minimum Gasteiger partial charge on any atom is -0.487 e.